The molecule has 0 saturated carbocycles. The lowest BCUT2D eigenvalue weighted by Gasteiger charge is -2.31. The zero-order chi connectivity index (χ0) is 42.1. The summed E-state index contributed by atoms with van der Waals surface area (Å²) in [5, 5.41) is 9.63. The monoisotopic (exact) mass is 807 g/mol. The zero-order valence-corrected chi connectivity index (χ0v) is 38.1. The van der Waals surface area contributed by atoms with E-state index in [-0.39, 0.29) is 36.2 Å². The molecule has 0 bridgehead atoms. The highest BCUT2D eigenvalue weighted by molar-refractivity contribution is 5.72. The van der Waals surface area contributed by atoms with E-state index in [9.17, 15) is 19.5 Å². The van der Waals surface area contributed by atoms with E-state index in [1.807, 2.05) is 21.1 Å². The molecular weight excluding hydrogens is 715 g/mol. The molecule has 0 heterocycles. The number of esters is 2. The maximum atomic E-state index is 12.7. The standard InChI is InChI=1S/C49H91NO7/c1-6-8-10-12-14-16-18-20-22-24-26-28-30-32-34-36-38-40-48(52)57-45(43-55-42-41-46(49(53)54)50(3,4)5)44-56-47(51)39-37-35-33-31-29-27-25-23-21-19-17-15-13-11-9-7-2/h20,22-23,25,45-46H,6-19,21,24,26-44H2,1-5H3/p+1/b22-20+,25-23+. The van der Waals surface area contributed by atoms with Crippen molar-refractivity contribution in [2.45, 2.75) is 231 Å². The largest absolute Gasteiger partial charge is 0.477 e. The number of likely N-dealkylation sites (N-methyl/N-ethyl adjacent to an activating group) is 1. The number of carbonyl (C=O) groups excluding carboxylic acids is 2. The third-order valence-corrected chi connectivity index (χ3v) is 10.8. The van der Waals surface area contributed by atoms with Crippen LogP contribution in [0.3, 0.4) is 0 Å². The van der Waals surface area contributed by atoms with Gasteiger partial charge in [0.25, 0.3) is 0 Å². The summed E-state index contributed by atoms with van der Waals surface area (Å²) in [7, 11) is 5.53. The van der Waals surface area contributed by atoms with Gasteiger partial charge in [0.15, 0.2) is 12.1 Å². The summed E-state index contributed by atoms with van der Waals surface area (Å²) in [4.78, 5) is 37.0. The fourth-order valence-electron chi connectivity index (χ4n) is 7.08. The lowest BCUT2D eigenvalue weighted by molar-refractivity contribution is -0.887. The molecule has 8 nitrogen and oxygen atoms in total. The number of hydrogen-bond acceptors (Lipinski definition) is 6. The van der Waals surface area contributed by atoms with Gasteiger partial charge in [-0.15, -0.1) is 0 Å². The number of ether oxygens (including phenoxy) is 3. The van der Waals surface area contributed by atoms with Crippen LogP contribution >= 0.6 is 0 Å². The summed E-state index contributed by atoms with van der Waals surface area (Å²) in [6.07, 6.45) is 45.0. The molecule has 2 atom stereocenters. The molecule has 0 aromatic rings. The van der Waals surface area contributed by atoms with Gasteiger partial charge in [0.05, 0.1) is 34.4 Å². The van der Waals surface area contributed by atoms with Crippen molar-refractivity contribution in [2.24, 2.45) is 0 Å². The number of hydrogen-bond donors (Lipinski definition) is 1. The molecule has 0 aliphatic carbocycles. The van der Waals surface area contributed by atoms with Crippen LogP contribution in [0.1, 0.15) is 219 Å². The number of unbranched alkanes of at least 4 members (excludes halogenated alkanes) is 25. The van der Waals surface area contributed by atoms with Gasteiger partial charge < -0.3 is 23.8 Å². The first-order valence-electron chi connectivity index (χ1n) is 23.9. The van der Waals surface area contributed by atoms with Gasteiger partial charge in [0.2, 0.25) is 0 Å². The molecule has 8 heteroatoms. The predicted octanol–water partition coefficient (Wildman–Crippen LogP) is 13.3. The van der Waals surface area contributed by atoms with Gasteiger partial charge in [-0.3, -0.25) is 9.59 Å². The Labute approximate surface area is 351 Å². The van der Waals surface area contributed by atoms with Gasteiger partial charge in [-0.05, 0) is 64.2 Å². The second-order valence-electron chi connectivity index (χ2n) is 17.4. The number of nitrogens with zero attached hydrogens (tertiary/aromatic N) is 1. The number of rotatable bonds is 43. The van der Waals surface area contributed by atoms with E-state index in [0.717, 1.165) is 44.9 Å². The second-order valence-corrected chi connectivity index (χ2v) is 17.4. The molecule has 0 aliphatic heterocycles. The number of quaternary nitrogens is 1. The lowest BCUT2D eigenvalue weighted by Crippen LogP contribution is -2.50. The van der Waals surface area contributed by atoms with Crippen molar-refractivity contribution in [1.29, 1.82) is 0 Å². The normalized spacial score (nSPS) is 13.1. The summed E-state index contributed by atoms with van der Waals surface area (Å²) in [5.74, 6) is -1.47. The molecule has 1 N–H and O–H groups in total. The maximum Gasteiger partial charge on any atom is 0.362 e. The Hall–Kier alpha value is -2.19. The molecular formula is C49H92NO7+. The summed E-state index contributed by atoms with van der Waals surface area (Å²) in [6, 6.07) is -0.614. The highest BCUT2D eigenvalue weighted by atomic mass is 16.6. The first-order valence-corrected chi connectivity index (χ1v) is 23.9. The van der Waals surface area contributed by atoms with Crippen LogP contribution in [0.5, 0.6) is 0 Å². The zero-order valence-electron chi connectivity index (χ0n) is 38.1. The third kappa shape index (κ3) is 39.1. The fourth-order valence-corrected chi connectivity index (χ4v) is 7.08. The molecule has 334 valence electrons. The number of carboxylic acids is 1. The van der Waals surface area contributed by atoms with E-state index >= 15 is 0 Å². The molecule has 0 aliphatic rings. The van der Waals surface area contributed by atoms with Gasteiger partial charge >= 0.3 is 17.9 Å². The Morgan fingerprint density at radius 1 is 0.509 bits per heavy atom. The van der Waals surface area contributed by atoms with E-state index < -0.39 is 18.1 Å². The van der Waals surface area contributed by atoms with E-state index in [2.05, 4.69) is 38.2 Å². The second kappa shape index (κ2) is 40.6. The topological polar surface area (TPSA) is 99.1 Å². The Balaban J connectivity index is 4.30. The van der Waals surface area contributed by atoms with Crippen molar-refractivity contribution < 1.29 is 38.2 Å². The van der Waals surface area contributed by atoms with Crippen LogP contribution in [0.4, 0.5) is 0 Å². The summed E-state index contributed by atoms with van der Waals surface area (Å²) < 4.78 is 17.3. The van der Waals surface area contributed by atoms with Gasteiger partial charge in [0, 0.05) is 19.3 Å². The minimum absolute atomic E-state index is 0.0539. The van der Waals surface area contributed by atoms with E-state index in [1.165, 1.54) is 141 Å². The molecule has 0 spiro atoms. The van der Waals surface area contributed by atoms with Crippen molar-refractivity contribution in [3.8, 4) is 0 Å². The molecule has 0 amide bonds. The molecule has 0 fully saturated rings. The van der Waals surface area contributed by atoms with Crippen molar-refractivity contribution >= 4 is 17.9 Å². The Morgan fingerprint density at radius 3 is 1.26 bits per heavy atom. The first kappa shape index (κ1) is 54.8. The van der Waals surface area contributed by atoms with Gasteiger partial charge in [-0.1, -0.05) is 160 Å². The minimum atomic E-state index is -0.875. The molecule has 0 aromatic heterocycles. The van der Waals surface area contributed by atoms with Crippen LogP contribution in [0.15, 0.2) is 24.3 Å². The Morgan fingerprint density at radius 2 is 0.877 bits per heavy atom. The summed E-state index contributed by atoms with van der Waals surface area (Å²) in [5.41, 5.74) is 0. The highest BCUT2D eigenvalue weighted by Gasteiger charge is 2.31. The average Bonchev–Trinajstić information content (AvgIpc) is 3.17. The highest BCUT2D eigenvalue weighted by Crippen LogP contribution is 2.15. The predicted molar refractivity (Wildman–Crippen MR) is 238 cm³/mol. The van der Waals surface area contributed by atoms with Gasteiger partial charge in [-0.25, -0.2) is 4.79 Å². The van der Waals surface area contributed by atoms with E-state index in [0.29, 0.717) is 19.3 Å². The lowest BCUT2D eigenvalue weighted by atomic mass is 10.1. The maximum absolute atomic E-state index is 12.7. The molecule has 0 aromatic carbocycles. The molecule has 57 heavy (non-hydrogen) atoms. The van der Waals surface area contributed by atoms with E-state index in [1.54, 1.807) is 0 Å². The van der Waals surface area contributed by atoms with Crippen molar-refractivity contribution in [3.05, 3.63) is 24.3 Å². The summed E-state index contributed by atoms with van der Waals surface area (Å²) >= 11 is 0. The van der Waals surface area contributed by atoms with Gasteiger partial charge in [0.1, 0.15) is 6.61 Å². The summed E-state index contributed by atoms with van der Waals surface area (Å²) in [6.45, 7) is 4.74. The quantitative estimate of drug-likeness (QED) is 0.0283. The first-order chi connectivity index (χ1) is 27.6. The van der Waals surface area contributed by atoms with Crippen LogP contribution in [-0.4, -0.2) is 80.6 Å². The molecule has 0 saturated heterocycles. The fraction of sp³-hybridized carbons (Fsp3) is 0.857. The number of carbonyl (C=O) groups is 3. The average molecular weight is 807 g/mol. The van der Waals surface area contributed by atoms with E-state index in [4.69, 9.17) is 14.2 Å². The van der Waals surface area contributed by atoms with Crippen LogP contribution in [0, 0.1) is 0 Å². The van der Waals surface area contributed by atoms with Crippen LogP contribution in [0.2, 0.25) is 0 Å². The van der Waals surface area contributed by atoms with Crippen molar-refractivity contribution in [1.82, 2.24) is 0 Å². The smallest absolute Gasteiger partial charge is 0.362 e. The number of carboxylic acid groups (broad SMARTS) is 1. The Bertz CT molecular complexity index is 989. The molecule has 0 rings (SSSR count). The third-order valence-electron chi connectivity index (χ3n) is 10.8. The number of aliphatic carboxylic acids is 1. The SMILES string of the molecule is CCCCCCCC/C=C/CCCCCCCCCC(=O)OC(COCCC(C(=O)O)[N+](C)(C)C)COC(=O)CCCCCCC/C=C/CCCCCCCCC. The number of allylic oxidation sites excluding steroid dienone is 4. The van der Waals surface area contributed by atoms with Gasteiger partial charge in [-0.2, -0.15) is 0 Å². The van der Waals surface area contributed by atoms with Crippen molar-refractivity contribution in [2.75, 3.05) is 41.0 Å². The van der Waals surface area contributed by atoms with Crippen molar-refractivity contribution in [3.63, 3.8) is 0 Å². The minimum Gasteiger partial charge on any atom is -0.477 e. The Kier molecular flexibility index (Phi) is 39.0. The van der Waals surface area contributed by atoms with Crippen LogP contribution in [-0.2, 0) is 28.6 Å². The molecule has 0 radical (unpaired) electrons. The van der Waals surface area contributed by atoms with Crippen LogP contribution < -0.4 is 0 Å². The van der Waals surface area contributed by atoms with Crippen LogP contribution in [0.25, 0.3) is 0 Å². The molecule has 2 unspecified atom stereocenters.